The second-order valence-corrected chi connectivity index (χ2v) is 6.11. The van der Waals surface area contributed by atoms with Crippen LogP contribution in [-0.2, 0) is 4.74 Å². The summed E-state index contributed by atoms with van der Waals surface area (Å²) in [6.07, 6.45) is 4.41. The molecule has 108 valence electrons. The lowest BCUT2D eigenvalue weighted by Gasteiger charge is -2.35. The van der Waals surface area contributed by atoms with Crippen LogP contribution in [0.4, 0.5) is 0 Å². The molecule has 3 nitrogen and oxygen atoms in total. The van der Waals surface area contributed by atoms with E-state index in [2.05, 4.69) is 38.3 Å². The van der Waals surface area contributed by atoms with Crippen LogP contribution in [-0.4, -0.2) is 38.4 Å². The molecule has 1 atom stereocenters. The van der Waals surface area contributed by atoms with Gasteiger partial charge in [-0.1, -0.05) is 13.8 Å². The van der Waals surface area contributed by atoms with E-state index in [1.807, 2.05) is 0 Å². The van der Waals surface area contributed by atoms with Gasteiger partial charge in [0.25, 0.3) is 0 Å². The van der Waals surface area contributed by atoms with E-state index in [1.165, 1.54) is 19.3 Å². The first-order valence-electron chi connectivity index (χ1n) is 7.67. The van der Waals surface area contributed by atoms with Crippen LogP contribution in [0, 0.1) is 11.8 Å². The van der Waals surface area contributed by atoms with Crippen molar-refractivity contribution in [2.24, 2.45) is 11.8 Å². The zero-order valence-corrected chi connectivity index (χ0v) is 12.7. The Balaban J connectivity index is 1.89. The summed E-state index contributed by atoms with van der Waals surface area (Å²) in [6.45, 7) is 13.0. The highest BCUT2D eigenvalue weighted by molar-refractivity contribution is 4.81. The number of rotatable bonds is 10. The van der Waals surface area contributed by atoms with Crippen molar-refractivity contribution in [3.8, 4) is 0 Å². The van der Waals surface area contributed by atoms with Crippen molar-refractivity contribution in [3.63, 3.8) is 0 Å². The summed E-state index contributed by atoms with van der Waals surface area (Å²) in [5, 5.41) is 7.09. The lowest BCUT2D eigenvalue weighted by Crippen LogP contribution is -2.40. The molecular weight excluding hydrogens is 224 g/mol. The monoisotopic (exact) mass is 256 g/mol. The van der Waals surface area contributed by atoms with Crippen LogP contribution in [0.3, 0.4) is 0 Å². The highest BCUT2D eigenvalue weighted by atomic mass is 16.5. The molecule has 0 radical (unpaired) electrons. The van der Waals surface area contributed by atoms with Crippen molar-refractivity contribution in [2.45, 2.75) is 59.1 Å². The first kappa shape index (κ1) is 15.9. The molecule has 0 aliphatic heterocycles. The van der Waals surface area contributed by atoms with E-state index in [9.17, 15) is 0 Å². The molecule has 0 aromatic heterocycles. The zero-order valence-electron chi connectivity index (χ0n) is 12.7. The van der Waals surface area contributed by atoms with Crippen molar-refractivity contribution in [1.82, 2.24) is 10.6 Å². The predicted molar refractivity (Wildman–Crippen MR) is 77.9 cm³/mol. The molecule has 0 spiro atoms. The maximum atomic E-state index is 5.58. The van der Waals surface area contributed by atoms with Gasteiger partial charge in [0.05, 0.1) is 6.10 Å². The van der Waals surface area contributed by atoms with Gasteiger partial charge in [-0.05, 0) is 58.0 Å². The third-order valence-corrected chi connectivity index (χ3v) is 3.64. The summed E-state index contributed by atoms with van der Waals surface area (Å²) in [7, 11) is 0. The predicted octanol–water partition coefficient (Wildman–Crippen LogP) is 2.42. The molecule has 1 saturated carbocycles. The quantitative estimate of drug-likeness (QED) is 0.630. The van der Waals surface area contributed by atoms with Gasteiger partial charge >= 0.3 is 0 Å². The molecule has 0 heterocycles. The van der Waals surface area contributed by atoms with Crippen LogP contribution in [0.15, 0.2) is 0 Å². The van der Waals surface area contributed by atoms with E-state index < -0.39 is 0 Å². The van der Waals surface area contributed by atoms with E-state index in [0.717, 1.165) is 38.1 Å². The minimum atomic E-state index is 0.560. The minimum absolute atomic E-state index is 0.560. The molecule has 18 heavy (non-hydrogen) atoms. The lowest BCUT2D eigenvalue weighted by molar-refractivity contribution is -0.0264. The van der Waals surface area contributed by atoms with Gasteiger partial charge in [0.1, 0.15) is 0 Å². The Labute approximate surface area is 113 Å². The molecule has 1 aliphatic carbocycles. The molecule has 1 fully saturated rings. The Kier molecular flexibility index (Phi) is 7.87. The first-order valence-corrected chi connectivity index (χ1v) is 7.67. The van der Waals surface area contributed by atoms with E-state index in [1.54, 1.807) is 0 Å². The largest absolute Gasteiger partial charge is 0.378 e. The summed E-state index contributed by atoms with van der Waals surface area (Å²) in [4.78, 5) is 0. The summed E-state index contributed by atoms with van der Waals surface area (Å²) < 4.78 is 5.58. The number of hydrogen-bond acceptors (Lipinski definition) is 3. The Bertz CT molecular complexity index is 203. The standard InChI is InChI=1S/C15H32N2O/c1-5-18-15-8-14(9-15)6-7-17-13(4)11-16-10-12(2)3/h12-17H,5-11H2,1-4H3. The van der Waals surface area contributed by atoms with Gasteiger partial charge in [-0.25, -0.2) is 0 Å². The molecule has 0 saturated heterocycles. The fraction of sp³-hybridized carbons (Fsp3) is 1.00. The van der Waals surface area contributed by atoms with E-state index in [4.69, 9.17) is 4.74 Å². The van der Waals surface area contributed by atoms with Crippen LogP contribution in [0.25, 0.3) is 0 Å². The van der Waals surface area contributed by atoms with Crippen LogP contribution < -0.4 is 10.6 Å². The van der Waals surface area contributed by atoms with Crippen molar-refractivity contribution in [1.29, 1.82) is 0 Å². The van der Waals surface area contributed by atoms with Crippen LogP contribution in [0.5, 0.6) is 0 Å². The Hall–Kier alpha value is -0.120. The SMILES string of the molecule is CCOC1CC(CCNC(C)CNCC(C)C)C1. The third-order valence-electron chi connectivity index (χ3n) is 3.64. The molecular formula is C15H32N2O. The normalized spacial score (nSPS) is 25.2. The molecule has 0 amide bonds. The maximum Gasteiger partial charge on any atom is 0.0580 e. The number of nitrogens with one attached hydrogen (secondary N) is 2. The summed E-state index contributed by atoms with van der Waals surface area (Å²) >= 11 is 0. The van der Waals surface area contributed by atoms with E-state index >= 15 is 0 Å². The van der Waals surface area contributed by atoms with E-state index in [0.29, 0.717) is 12.1 Å². The second kappa shape index (κ2) is 8.89. The Morgan fingerprint density at radius 2 is 1.89 bits per heavy atom. The molecule has 0 bridgehead atoms. The van der Waals surface area contributed by atoms with Crippen molar-refractivity contribution >= 4 is 0 Å². The van der Waals surface area contributed by atoms with Gasteiger partial charge in [-0.2, -0.15) is 0 Å². The van der Waals surface area contributed by atoms with Crippen molar-refractivity contribution < 1.29 is 4.74 Å². The van der Waals surface area contributed by atoms with Gasteiger partial charge in [0, 0.05) is 19.2 Å². The highest BCUT2D eigenvalue weighted by Gasteiger charge is 2.28. The summed E-state index contributed by atoms with van der Waals surface area (Å²) in [5.74, 6) is 1.63. The van der Waals surface area contributed by atoms with Gasteiger partial charge < -0.3 is 15.4 Å². The topological polar surface area (TPSA) is 33.3 Å². The average molecular weight is 256 g/mol. The van der Waals surface area contributed by atoms with Crippen LogP contribution >= 0.6 is 0 Å². The number of hydrogen-bond donors (Lipinski definition) is 2. The third kappa shape index (κ3) is 6.72. The second-order valence-electron chi connectivity index (χ2n) is 6.11. The smallest absolute Gasteiger partial charge is 0.0580 e. The molecule has 1 unspecified atom stereocenters. The van der Waals surface area contributed by atoms with Gasteiger partial charge in [0.2, 0.25) is 0 Å². The van der Waals surface area contributed by atoms with Crippen LogP contribution in [0.1, 0.15) is 47.0 Å². The van der Waals surface area contributed by atoms with Gasteiger partial charge in [-0.3, -0.25) is 0 Å². The molecule has 1 rings (SSSR count). The van der Waals surface area contributed by atoms with E-state index in [-0.39, 0.29) is 0 Å². The summed E-state index contributed by atoms with van der Waals surface area (Å²) in [5.41, 5.74) is 0. The average Bonchev–Trinajstić information content (AvgIpc) is 2.25. The van der Waals surface area contributed by atoms with Crippen LogP contribution in [0.2, 0.25) is 0 Å². The lowest BCUT2D eigenvalue weighted by atomic mass is 9.80. The molecule has 1 aliphatic rings. The fourth-order valence-electron chi connectivity index (χ4n) is 2.48. The number of ether oxygens (including phenoxy) is 1. The Morgan fingerprint density at radius 3 is 2.50 bits per heavy atom. The molecule has 0 aromatic carbocycles. The first-order chi connectivity index (χ1) is 8.61. The maximum absolute atomic E-state index is 5.58. The highest BCUT2D eigenvalue weighted by Crippen LogP contribution is 2.32. The summed E-state index contributed by atoms with van der Waals surface area (Å²) in [6, 6.07) is 0.575. The molecule has 0 aromatic rings. The van der Waals surface area contributed by atoms with Crippen molar-refractivity contribution in [3.05, 3.63) is 0 Å². The zero-order chi connectivity index (χ0) is 13.4. The fourth-order valence-corrected chi connectivity index (χ4v) is 2.48. The van der Waals surface area contributed by atoms with Gasteiger partial charge in [-0.15, -0.1) is 0 Å². The van der Waals surface area contributed by atoms with Crippen molar-refractivity contribution in [2.75, 3.05) is 26.2 Å². The van der Waals surface area contributed by atoms with Gasteiger partial charge in [0.15, 0.2) is 0 Å². The molecule has 2 N–H and O–H groups in total. The molecule has 3 heteroatoms. The minimum Gasteiger partial charge on any atom is -0.378 e. The Morgan fingerprint density at radius 1 is 1.17 bits per heavy atom.